The van der Waals surface area contributed by atoms with E-state index in [2.05, 4.69) is 134 Å². The van der Waals surface area contributed by atoms with E-state index in [1.54, 1.807) is 14.6 Å². The minimum absolute atomic E-state index is 0. The second-order valence-electron chi connectivity index (χ2n) is 12.0. The first-order chi connectivity index (χ1) is 19.4. The zero-order chi connectivity index (χ0) is 28.5. The van der Waals surface area contributed by atoms with E-state index in [0.29, 0.717) is 5.92 Å². The summed E-state index contributed by atoms with van der Waals surface area (Å²) in [5, 5.41) is 6.27. The summed E-state index contributed by atoms with van der Waals surface area (Å²) >= 11 is 2.41. The Morgan fingerprint density at radius 2 is 0.907 bits per heavy atom. The van der Waals surface area contributed by atoms with Gasteiger partial charge in [-0.25, -0.2) is 0 Å². The van der Waals surface area contributed by atoms with E-state index in [0.717, 1.165) is 6.42 Å². The van der Waals surface area contributed by atoms with Crippen LogP contribution in [0.25, 0.3) is 0 Å². The van der Waals surface area contributed by atoms with E-state index in [-0.39, 0.29) is 37.2 Å². The topological polar surface area (TPSA) is 0 Å². The number of halogens is 3. The molecule has 0 aromatic heterocycles. The Morgan fingerprint density at radius 3 is 1.16 bits per heavy atom. The minimum Gasteiger partial charge on any atom is -1.00 e. The van der Waals surface area contributed by atoms with Crippen LogP contribution in [0.1, 0.15) is 96.3 Å². The molecule has 1 aliphatic rings. The summed E-state index contributed by atoms with van der Waals surface area (Å²) in [5.41, 5.74) is 5.95. The Balaban J connectivity index is 0.00000308. The third-order valence-corrected chi connectivity index (χ3v) is 15.1. The van der Waals surface area contributed by atoms with Crippen molar-refractivity contribution in [3.8, 4) is 0 Å². The molecule has 1 aliphatic carbocycles. The SMILES string of the molecule is CCCCc1ccc([Si](C2=[C]([Ti+3])C(C(C)C)=CC2)(c2ccc(CCCC)cc2)c2ccc(CCCC)cc2)cc1.[Cl-].[Cl-].[Cl-]. The van der Waals surface area contributed by atoms with Crippen LogP contribution in [0.2, 0.25) is 0 Å². The number of allylic oxidation sites excluding steroid dienone is 4. The molecule has 0 heterocycles. The number of rotatable bonds is 14. The Labute approximate surface area is 294 Å². The third kappa shape index (κ3) is 9.25. The fourth-order valence-corrected chi connectivity index (χ4v) is 13.0. The molecule has 230 valence electrons. The molecule has 3 aromatic carbocycles. The standard InChI is InChI=1S/C38H49Si.3ClH.Ti/c1-6-9-12-31-15-22-35(23-16-31)39(38-28-21-34(29-38)30(4)5,36-24-17-32(18-25-36)13-10-7-2)37-26-19-33(20-27-37)14-11-8-3;;;;/h15-27,30H,6-14,28H2,1-5H3;3*1H;/q;;;;+3/p-3. The van der Waals surface area contributed by atoms with Gasteiger partial charge in [-0.05, 0) is 0 Å². The molecule has 43 heavy (non-hydrogen) atoms. The molecule has 0 nitrogen and oxygen atoms in total. The van der Waals surface area contributed by atoms with Crippen LogP contribution in [0.15, 0.2) is 93.5 Å². The molecule has 0 fully saturated rings. The molecule has 0 bridgehead atoms. The Morgan fingerprint density at radius 1 is 0.581 bits per heavy atom. The number of hydrogen-bond donors (Lipinski definition) is 0. The maximum Gasteiger partial charge on any atom is -1.00 e. The molecule has 4 rings (SSSR count). The minimum atomic E-state index is -2.48. The normalized spacial score (nSPS) is 12.9. The van der Waals surface area contributed by atoms with Crippen molar-refractivity contribution in [2.45, 2.75) is 98.8 Å². The maximum absolute atomic E-state index is 2.54. The van der Waals surface area contributed by atoms with Gasteiger partial charge in [-0.2, -0.15) is 0 Å². The van der Waals surface area contributed by atoms with Gasteiger partial charge in [0.2, 0.25) is 0 Å². The second kappa shape index (κ2) is 19.5. The quantitative estimate of drug-likeness (QED) is 0.159. The fraction of sp³-hybridized carbons (Fsp3) is 0.421. The zero-order valence-corrected chi connectivity index (χ0v) is 31.6. The van der Waals surface area contributed by atoms with Gasteiger partial charge in [0.25, 0.3) is 0 Å². The molecule has 0 N–H and O–H groups in total. The van der Waals surface area contributed by atoms with Crippen molar-refractivity contribution in [2.75, 3.05) is 0 Å². The first-order valence-corrected chi connectivity index (χ1v) is 18.7. The van der Waals surface area contributed by atoms with Crippen molar-refractivity contribution >= 4 is 23.6 Å². The molecular formula is C38H49Cl3SiTi. The number of aryl methyl sites for hydroxylation is 3. The number of unbranched alkanes of at least 4 members (excludes halogenated alkanes) is 3. The van der Waals surface area contributed by atoms with Crippen LogP contribution in [0.5, 0.6) is 0 Å². The first-order valence-electron chi connectivity index (χ1n) is 15.9. The maximum atomic E-state index is 2.54. The summed E-state index contributed by atoms with van der Waals surface area (Å²) in [4.78, 5) is 0. The van der Waals surface area contributed by atoms with Gasteiger partial charge in [0.15, 0.2) is 0 Å². The number of hydrogen-bond acceptors (Lipinski definition) is 0. The fourth-order valence-electron chi connectivity index (χ4n) is 6.38. The molecule has 0 aliphatic heterocycles. The molecule has 0 spiro atoms. The van der Waals surface area contributed by atoms with Crippen molar-refractivity contribution in [2.24, 2.45) is 5.92 Å². The molecule has 0 saturated carbocycles. The summed E-state index contributed by atoms with van der Waals surface area (Å²) < 4.78 is 1.54. The van der Waals surface area contributed by atoms with Crippen LogP contribution in [0.3, 0.4) is 0 Å². The zero-order valence-electron chi connectivity index (χ0n) is 26.8. The molecule has 5 heteroatoms. The predicted molar refractivity (Wildman–Crippen MR) is 174 cm³/mol. The van der Waals surface area contributed by atoms with Gasteiger partial charge in [0, 0.05) is 0 Å². The van der Waals surface area contributed by atoms with Crippen molar-refractivity contribution in [1.29, 1.82) is 0 Å². The molecule has 0 unspecified atom stereocenters. The van der Waals surface area contributed by atoms with Crippen molar-refractivity contribution in [3.05, 3.63) is 110 Å². The third-order valence-electron chi connectivity index (χ3n) is 8.81. The summed E-state index contributed by atoms with van der Waals surface area (Å²) in [6.45, 7) is 11.6. The van der Waals surface area contributed by atoms with Gasteiger partial charge in [-0.3, -0.25) is 0 Å². The van der Waals surface area contributed by atoms with Gasteiger partial charge in [0.1, 0.15) is 0 Å². The van der Waals surface area contributed by atoms with E-state index >= 15 is 0 Å². The molecule has 0 atom stereocenters. The van der Waals surface area contributed by atoms with E-state index in [9.17, 15) is 0 Å². The van der Waals surface area contributed by atoms with Crippen molar-refractivity contribution in [1.82, 2.24) is 0 Å². The van der Waals surface area contributed by atoms with Gasteiger partial charge < -0.3 is 37.2 Å². The summed E-state index contributed by atoms with van der Waals surface area (Å²) in [5.74, 6) is 0.549. The smallest absolute Gasteiger partial charge is 1.00 e. The van der Waals surface area contributed by atoms with Gasteiger partial charge in [-0.1, -0.05) is 0 Å². The van der Waals surface area contributed by atoms with E-state index in [1.807, 2.05) is 0 Å². The average molecular weight is 688 g/mol. The molecule has 0 radical (unpaired) electrons. The molecule has 3 aromatic rings. The van der Waals surface area contributed by atoms with Crippen LogP contribution in [0, 0.1) is 5.92 Å². The predicted octanol–water partition coefficient (Wildman–Crippen LogP) is -0.477. The average Bonchev–Trinajstić information content (AvgIpc) is 3.37. The second-order valence-corrected chi connectivity index (χ2v) is 16.6. The number of benzene rings is 3. The van der Waals surface area contributed by atoms with Crippen molar-refractivity contribution in [3.63, 3.8) is 0 Å². The van der Waals surface area contributed by atoms with E-state index < -0.39 is 8.07 Å². The summed E-state index contributed by atoms with van der Waals surface area (Å²) in [7, 11) is -2.48. The molecule has 0 amide bonds. The first kappa shape index (κ1) is 40.0. The Kier molecular flexibility index (Phi) is 18.1. The van der Waals surface area contributed by atoms with Crippen molar-refractivity contribution < 1.29 is 57.7 Å². The van der Waals surface area contributed by atoms with E-state index in [1.165, 1.54) is 90.0 Å². The van der Waals surface area contributed by atoms with Crippen LogP contribution in [-0.2, 0) is 39.7 Å². The van der Waals surface area contributed by atoms with Crippen LogP contribution < -0.4 is 52.8 Å². The Bertz CT molecular complexity index is 1170. The summed E-state index contributed by atoms with van der Waals surface area (Å²) in [6, 6.07) is 29.6. The summed E-state index contributed by atoms with van der Waals surface area (Å²) in [6.07, 6.45) is 14.6. The van der Waals surface area contributed by atoms with Crippen LogP contribution >= 0.6 is 0 Å². The molecule has 0 saturated heterocycles. The van der Waals surface area contributed by atoms with Gasteiger partial charge >= 0.3 is 259 Å². The largest absolute Gasteiger partial charge is 1.00 e. The van der Waals surface area contributed by atoms with Crippen LogP contribution in [-0.4, -0.2) is 8.07 Å². The van der Waals surface area contributed by atoms with E-state index in [4.69, 9.17) is 0 Å². The van der Waals surface area contributed by atoms with Gasteiger partial charge in [0.05, 0.1) is 0 Å². The molecular weight excluding hydrogens is 639 g/mol. The Hall–Kier alpha value is -1.06. The monoisotopic (exact) mass is 686 g/mol. The van der Waals surface area contributed by atoms with Gasteiger partial charge in [-0.15, -0.1) is 0 Å². The van der Waals surface area contributed by atoms with Crippen LogP contribution in [0.4, 0.5) is 0 Å².